The molecule has 0 saturated carbocycles. The zero-order valence-corrected chi connectivity index (χ0v) is 20.2. The first-order valence-electron chi connectivity index (χ1n) is 10.8. The van der Waals surface area contributed by atoms with Gasteiger partial charge in [-0.3, -0.25) is 0 Å². The van der Waals surface area contributed by atoms with Crippen LogP contribution < -0.4 is 14.2 Å². The van der Waals surface area contributed by atoms with Crippen LogP contribution in [0.3, 0.4) is 0 Å². The highest BCUT2D eigenvalue weighted by molar-refractivity contribution is 7.21. The number of benzene rings is 3. The van der Waals surface area contributed by atoms with Gasteiger partial charge in [-0.05, 0) is 48.9 Å². The van der Waals surface area contributed by atoms with Gasteiger partial charge in [0.15, 0.2) is 0 Å². The molecule has 0 radical (unpaired) electrons. The number of ether oxygens (including phenoxy) is 3. The van der Waals surface area contributed by atoms with Gasteiger partial charge in [0.1, 0.15) is 33.7 Å². The number of azo groups is 1. The number of methoxy groups -OCH3 is 2. The van der Waals surface area contributed by atoms with Crippen LogP contribution in [-0.4, -0.2) is 37.1 Å². The minimum absolute atomic E-state index is 0.0979. The Morgan fingerprint density at radius 1 is 0.944 bits per heavy atom. The summed E-state index contributed by atoms with van der Waals surface area (Å²) >= 11 is 1.50. The minimum atomic E-state index is -4.26. The number of rotatable bonds is 9. The van der Waals surface area contributed by atoms with E-state index in [0.29, 0.717) is 11.4 Å². The third kappa shape index (κ3) is 6.22. The van der Waals surface area contributed by atoms with Gasteiger partial charge in [-0.25, -0.2) is 4.98 Å². The van der Waals surface area contributed by atoms with Crippen molar-refractivity contribution < 1.29 is 32.5 Å². The number of alkyl halides is 3. The average Bonchev–Trinajstić information content (AvgIpc) is 3.28. The largest absolute Gasteiger partial charge is 0.508 e. The molecule has 1 aromatic heterocycles. The summed E-state index contributed by atoms with van der Waals surface area (Å²) in [5.41, 5.74) is 2.38. The van der Waals surface area contributed by atoms with Gasteiger partial charge in [-0.2, -0.15) is 18.3 Å². The molecule has 1 N–H and O–H groups in total. The number of hydrogen-bond donors (Lipinski definition) is 1. The predicted molar refractivity (Wildman–Crippen MR) is 131 cm³/mol. The second kappa shape index (κ2) is 10.8. The molecule has 1 heterocycles. The van der Waals surface area contributed by atoms with Gasteiger partial charge in [0.2, 0.25) is 0 Å². The summed E-state index contributed by atoms with van der Waals surface area (Å²) in [6.07, 6.45) is -5.43. The molecule has 0 atom stereocenters. The fraction of sp³-hybridized carbons (Fsp3) is 0.240. The van der Waals surface area contributed by atoms with Gasteiger partial charge in [0.05, 0.1) is 42.3 Å². The Bertz CT molecular complexity index is 1390. The van der Waals surface area contributed by atoms with Crippen molar-refractivity contribution in [3.8, 4) is 33.6 Å². The van der Waals surface area contributed by atoms with Crippen molar-refractivity contribution in [1.82, 2.24) is 4.98 Å². The number of aromatic nitrogens is 1. The summed E-state index contributed by atoms with van der Waals surface area (Å²) in [5.74, 6) is 1.33. The minimum Gasteiger partial charge on any atom is -0.508 e. The molecule has 11 heteroatoms. The number of nitrogens with zero attached hydrogens (tertiary/aromatic N) is 3. The quantitative estimate of drug-likeness (QED) is 0.181. The molecule has 4 rings (SSSR count). The van der Waals surface area contributed by atoms with Crippen LogP contribution in [0.4, 0.5) is 24.5 Å². The molecular weight excluding hydrogens is 495 g/mol. The number of fused-ring (bicyclic) bond motifs is 1. The molecule has 0 saturated heterocycles. The monoisotopic (exact) mass is 517 g/mol. The van der Waals surface area contributed by atoms with E-state index in [1.807, 2.05) is 24.3 Å². The lowest BCUT2D eigenvalue weighted by Crippen LogP contribution is -2.09. The lowest BCUT2D eigenvalue weighted by Gasteiger charge is -2.10. The van der Waals surface area contributed by atoms with Gasteiger partial charge in [-0.1, -0.05) is 0 Å². The Morgan fingerprint density at radius 2 is 1.78 bits per heavy atom. The molecule has 7 nitrogen and oxygen atoms in total. The van der Waals surface area contributed by atoms with Gasteiger partial charge >= 0.3 is 6.18 Å². The van der Waals surface area contributed by atoms with Crippen LogP contribution in [0.1, 0.15) is 12.8 Å². The summed E-state index contributed by atoms with van der Waals surface area (Å²) in [6, 6.07) is 15.1. The molecule has 0 aliphatic rings. The Morgan fingerprint density at radius 3 is 2.53 bits per heavy atom. The van der Waals surface area contributed by atoms with Crippen LogP contribution in [0.15, 0.2) is 64.8 Å². The van der Waals surface area contributed by atoms with Crippen LogP contribution >= 0.6 is 11.3 Å². The zero-order valence-electron chi connectivity index (χ0n) is 19.4. The normalized spacial score (nSPS) is 11.8. The molecule has 0 spiro atoms. The van der Waals surface area contributed by atoms with Gasteiger partial charge in [0.25, 0.3) is 0 Å². The molecule has 0 amide bonds. The Hall–Kier alpha value is -3.86. The van der Waals surface area contributed by atoms with E-state index < -0.39 is 12.6 Å². The van der Waals surface area contributed by atoms with E-state index >= 15 is 0 Å². The Labute approximate surface area is 208 Å². The van der Waals surface area contributed by atoms with Gasteiger partial charge in [-0.15, -0.1) is 16.5 Å². The third-order valence-electron chi connectivity index (χ3n) is 5.09. The van der Waals surface area contributed by atoms with E-state index in [0.717, 1.165) is 26.5 Å². The number of phenols is 1. The summed E-state index contributed by atoms with van der Waals surface area (Å²) < 4.78 is 54.3. The molecule has 0 fully saturated rings. The summed E-state index contributed by atoms with van der Waals surface area (Å²) in [5, 5.41) is 18.9. The fourth-order valence-electron chi connectivity index (χ4n) is 3.33. The molecule has 0 bridgehead atoms. The van der Waals surface area contributed by atoms with E-state index in [1.165, 1.54) is 29.5 Å². The van der Waals surface area contributed by atoms with E-state index in [1.54, 1.807) is 26.4 Å². The molecule has 36 heavy (non-hydrogen) atoms. The first-order valence-corrected chi connectivity index (χ1v) is 11.6. The van der Waals surface area contributed by atoms with Crippen molar-refractivity contribution in [1.29, 1.82) is 0 Å². The second-order valence-electron chi connectivity index (χ2n) is 7.66. The first-order chi connectivity index (χ1) is 17.3. The van der Waals surface area contributed by atoms with Crippen molar-refractivity contribution in [2.24, 2.45) is 10.2 Å². The molecule has 0 aliphatic carbocycles. The van der Waals surface area contributed by atoms with Gasteiger partial charge < -0.3 is 19.3 Å². The average molecular weight is 518 g/mol. The van der Waals surface area contributed by atoms with Crippen molar-refractivity contribution in [2.45, 2.75) is 19.0 Å². The molecular formula is C25H22F3N3O4S. The zero-order chi connectivity index (χ0) is 25.7. The number of thiazole rings is 1. The molecule has 0 unspecified atom stereocenters. The summed E-state index contributed by atoms with van der Waals surface area (Å²) in [7, 11) is 3.16. The number of halogens is 3. The maximum absolute atomic E-state index is 12.4. The van der Waals surface area contributed by atoms with E-state index in [9.17, 15) is 18.3 Å². The van der Waals surface area contributed by atoms with Crippen molar-refractivity contribution in [2.75, 3.05) is 20.8 Å². The fourth-order valence-corrected chi connectivity index (χ4v) is 4.36. The second-order valence-corrected chi connectivity index (χ2v) is 8.69. The highest BCUT2D eigenvalue weighted by Gasteiger charge is 2.26. The van der Waals surface area contributed by atoms with Crippen LogP contribution in [0.25, 0.3) is 20.8 Å². The smallest absolute Gasteiger partial charge is 0.389 e. The lowest BCUT2D eigenvalue weighted by atomic mass is 10.2. The highest BCUT2D eigenvalue weighted by Crippen LogP contribution is 2.39. The standard InChI is InChI=1S/C25H22F3N3O4S/c1-33-17-6-9-20-23(14-17)36-24(29-20)18-7-4-15(12-21(18)34-2)30-31-19-8-5-16(32)13-22(19)35-11-3-10-25(26,27)28/h4-9,12-14,32H,3,10-11H2,1-2H3. The Kier molecular flexibility index (Phi) is 7.58. The number of hydrogen-bond acceptors (Lipinski definition) is 8. The van der Waals surface area contributed by atoms with Crippen molar-refractivity contribution in [3.63, 3.8) is 0 Å². The van der Waals surface area contributed by atoms with Crippen LogP contribution in [0, 0.1) is 0 Å². The van der Waals surface area contributed by atoms with Crippen molar-refractivity contribution in [3.05, 3.63) is 54.6 Å². The molecule has 188 valence electrons. The van der Waals surface area contributed by atoms with E-state index in [2.05, 4.69) is 15.2 Å². The molecule has 4 aromatic rings. The maximum Gasteiger partial charge on any atom is 0.389 e. The maximum atomic E-state index is 12.4. The van der Waals surface area contributed by atoms with E-state index in [4.69, 9.17) is 14.2 Å². The van der Waals surface area contributed by atoms with Crippen LogP contribution in [0.2, 0.25) is 0 Å². The summed E-state index contributed by atoms with van der Waals surface area (Å²) in [4.78, 5) is 4.68. The highest BCUT2D eigenvalue weighted by atomic mass is 32.1. The predicted octanol–water partition coefficient (Wildman–Crippen LogP) is 7.82. The van der Waals surface area contributed by atoms with Crippen molar-refractivity contribution >= 4 is 32.9 Å². The molecule has 3 aromatic carbocycles. The number of phenolic OH excluding ortho intramolecular Hbond substituents is 1. The molecule has 0 aliphatic heterocycles. The lowest BCUT2D eigenvalue weighted by molar-refractivity contribution is -0.136. The van der Waals surface area contributed by atoms with E-state index in [-0.39, 0.29) is 30.2 Å². The Balaban J connectivity index is 1.54. The first kappa shape index (κ1) is 25.2. The third-order valence-corrected chi connectivity index (χ3v) is 6.14. The SMILES string of the molecule is COc1ccc2nc(-c3ccc(N=Nc4ccc(O)cc4OCCCC(F)(F)F)cc3OC)sc2c1. The topological polar surface area (TPSA) is 85.5 Å². The number of aromatic hydroxyl groups is 1. The van der Waals surface area contributed by atoms with Gasteiger partial charge in [0, 0.05) is 18.6 Å². The summed E-state index contributed by atoms with van der Waals surface area (Å²) in [6.45, 7) is -0.179. The van der Waals surface area contributed by atoms with Crippen LogP contribution in [0.5, 0.6) is 23.0 Å². The van der Waals surface area contributed by atoms with Crippen LogP contribution in [-0.2, 0) is 0 Å².